The van der Waals surface area contributed by atoms with Crippen LogP contribution in [0.1, 0.15) is 63.5 Å². The van der Waals surface area contributed by atoms with Gasteiger partial charge in [0, 0.05) is 5.69 Å². The highest BCUT2D eigenvalue weighted by atomic mass is 16.5. The van der Waals surface area contributed by atoms with Crippen LogP contribution < -0.4 is 14.8 Å². The standard InChI is InChI=1S/C24H31NO3/c1-16(2)22-14-9-17(3)15-23(22)27-18(4)24(26)25-19-10-12-21(13-11-19)28-20-7-5-6-8-20/h9-16,18,20H,5-8H2,1-4H3,(H,25,26). The molecule has 1 aliphatic rings. The molecule has 1 saturated carbocycles. The Kier molecular flexibility index (Phi) is 6.61. The molecule has 1 atom stereocenters. The van der Waals surface area contributed by atoms with E-state index in [1.54, 1.807) is 6.92 Å². The lowest BCUT2D eigenvalue weighted by atomic mass is 10.0. The summed E-state index contributed by atoms with van der Waals surface area (Å²) in [6, 6.07) is 13.7. The first-order valence-electron chi connectivity index (χ1n) is 10.3. The number of nitrogens with one attached hydrogen (secondary N) is 1. The summed E-state index contributed by atoms with van der Waals surface area (Å²) >= 11 is 0. The van der Waals surface area contributed by atoms with Crippen LogP contribution in [0.2, 0.25) is 0 Å². The molecule has 4 heteroatoms. The van der Waals surface area contributed by atoms with Crippen molar-refractivity contribution in [1.29, 1.82) is 0 Å². The van der Waals surface area contributed by atoms with Gasteiger partial charge in [0.25, 0.3) is 5.91 Å². The third-order valence-corrected chi connectivity index (χ3v) is 5.19. The zero-order valence-electron chi connectivity index (χ0n) is 17.3. The van der Waals surface area contributed by atoms with E-state index in [9.17, 15) is 4.79 Å². The largest absolute Gasteiger partial charge is 0.490 e. The Morgan fingerprint density at radius 2 is 1.71 bits per heavy atom. The lowest BCUT2D eigenvalue weighted by molar-refractivity contribution is -0.122. The Labute approximate surface area is 168 Å². The van der Waals surface area contributed by atoms with Crippen molar-refractivity contribution < 1.29 is 14.3 Å². The Morgan fingerprint density at radius 3 is 2.36 bits per heavy atom. The lowest BCUT2D eigenvalue weighted by Gasteiger charge is -2.19. The lowest BCUT2D eigenvalue weighted by Crippen LogP contribution is -2.30. The number of carbonyl (C=O) groups is 1. The maximum atomic E-state index is 12.6. The molecule has 1 unspecified atom stereocenters. The number of hydrogen-bond donors (Lipinski definition) is 1. The van der Waals surface area contributed by atoms with Crippen molar-refractivity contribution in [3.05, 3.63) is 53.6 Å². The Morgan fingerprint density at radius 1 is 1.04 bits per heavy atom. The number of carbonyl (C=O) groups excluding carboxylic acids is 1. The molecule has 0 spiro atoms. The zero-order chi connectivity index (χ0) is 20.1. The number of ether oxygens (including phenoxy) is 2. The van der Waals surface area contributed by atoms with Gasteiger partial charge in [0.2, 0.25) is 0 Å². The number of anilines is 1. The van der Waals surface area contributed by atoms with Crippen LogP contribution in [0, 0.1) is 6.92 Å². The third kappa shape index (κ3) is 5.28. The average Bonchev–Trinajstić information content (AvgIpc) is 3.16. The Balaban J connectivity index is 1.59. The summed E-state index contributed by atoms with van der Waals surface area (Å²) < 4.78 is 12.0. The fourth-order valence-corrected chi connectivity index (χ4v) is 3.52. The molecule has 1 amide bonds. The summed E-state index contributed by atoms with van der Waals surface area (Å²) in [4.78, 5) is 12.6. The zero-order valence-corrected chi connectivity index (χ0v) is 17.3. The smallest absolute Gasteiger partial charge is 0.265 e. The van der Waals surface area contributed by atoms with E-state index in [1.807, 2.05) is 37.3 Å². The molecule has 0 saturated heterocycles. The summed E-state index contributed by atoms with van der Waals surface area (Å²) in [6.07, 6.45) is 4.49. The number of amides is 1. The first kappa shape index (κ1) is 20.2. The summed E-state index contributed by atoms with van der Waals surface area (Å²) in [5.74, 6) is 1.80. The molecule has 0 bridgehead atoms. The van der Waals surface area contributed by atoms with Crippen molar-refractivity contribution in [2.24, 2.45) is 0 Å². The van der Waals surface area contributed by atoms with Gasteiger partial charge in [-0.1, -0.05) is 26.0 Å². The van der Waals surface area contributed by atoms with Crippen molar-refractivity contribution in [3.8, 4) is 11.5 Å². The summed E-state index contributed by atoms with van der Waals surface area (Å²) in [5.41, 5.74) is 2.97. The predicted octanol–water partition coefficient (Wildman–Crippen LogP) is 5.85. The topological polar surface area (TPSA) is 47.6 Å². The summed E-state index contributed by atoms with van der Waals surface area (Å²) in [7, 11) is 0. The van der Waals surface area contributed by atoms with Gasteiger partial charge in [-0.05, 0) is 86.9 Å². The Hall–Kier alpha value is -2.49. The summed E-state index contributed by atoms with van der Waals surface area (Å²) in [5, 5.41) is 2.93. The van der Waals surface area contributed by atoms with E-state index in [0.29, 0.717) is 12.0 Å². The van der Waals surface area contributed by atoms with E-state index in [2.05, 4.69) is 31.3 Å². The van der Waals surface area contributed by atoms with Gasteiger partial charge >= 0.3 is 0 Å². The van der Waals surface area contributed by atoms with Gasteiger partial charge in [-0.2, -0.15) is 0 Å². The average molecular weight is 382 g/mol. The van der Waals surface area contributed by atoms with Crippen LogP contribution in [0.3, 0.4) is 0 Å². The first-order chi connectivity index (χ1) is 13.4. The number of aryl methyl sites for hydroxylation is 1. The number of hydrogen-bond acceptors (Lipinski definition) is 3. The minimum atomic E-state index is -0.589. The normalized spacial score (nSPS) is 15.5. The van der Waals surface area contributed by atoms with Crippen LogP contribution in [0.5, 0.6) is 11.5 Å². The monoisotopic (exact) mass is 381 g/mol. The minimum Gasteiger partial charge on any atom is -0.490 e. The van der Waals surface area contributed by atoms with Crippen LogP contribution in [0.4, 0.5) is 5.69 Å². The molecule has 1 fully saturated rings. The molecule has 4 nitrogen and oxygen atoms in total. The van der Waals surface area contributed by atoms with Crippen LogP contribution in [-0.4, -0.2) is 18.1 Å². The van der Waals surface area contributed by atoms with Gasteiger partial charge in [0.15, 0.2) is 6.10 Å². The molecule has 0 radical (unpaired) electrons. The van der Waals surface area contributed by atoms with E-state index in [4.69, 9.17) is 9.47 Å². The van der Waals surface area contributed by atoms with E-state index in [-0.39, 0.29) is 5.91 Å². The van der Waals surface area contributed by atoms with Gasteiger partial charge in [-0.25, -0.2) is 0 Å². The molecule has 2 aromatic rings. The van der Waals surface area contributed by atoms with Gasteiger partial charge in [0.05, 0.1) is 6.10 Å². The molecule has 3 rings (SSSR count). The fourth-order valence-electron chi connectivity index (χ4n) is 3.52. The van der Waals surface area contributed by atoms with E-state index in [0.717, 1.165) is 41.2 Å². The van der Waals surface area contributed by atoms with Gasteiger partial charge in [-0.15, -0.1) is 0 Å². The van der Waals surface area contributed by atoms with Crippen LogP contribution in [-0.2, 0) is 4.79 Å². The van der Waals surface area contributed by atoms with Crippen molar-refractivity contribution in [1.82, 2.24) is 0 Å². The SMILES string of the molecule is Cc1ccc(C(C)C)c(OC(C)C(=O)Nc2ccc(OC3CCCC3)cc2)c1. The van der Waals surface area contributed by atoms with Gasteiger partial charge in [0.1, 0.15) is 11.5 Å². The third-order valence-electron chi connectivity index (χ3n) is 5.19. The molecular formula is C24H31NO3. The van der Waals surface area contributed by atoms with Crippen LogP contribution in [0.25, 0.3) is 0 Å². The maximum Gasteiger partial charge on any atom is 0.265 e. The molecule has 0 heterocycles. The molecule has 150 valence electrons. The van der Waals surface area contributed by atoms with Gasteiger partial charge in [-0.3, -0.25) is 4.79 Å². The molecule has 0 aliphatic heterocycles. The molecule has 0 aromatic heterocycles. The predicted molar refractivity (Wildman–Crippen MR) is 113 cm³/mol. The maximum absolute atomic E-state index is 12.6. The molecule has 28 heavy (non-hydrogen) atoms. The summed E-state index contributed by atoms with van der Waals surface area (Å²) in [6.45, 7) is 8.05. The molecule has 1 N–H and O–H groups in total. The molecule has 1 aliphatic carbocycles. The highest BCUT2D eigenvalue weighted by Gasteiger charge is 2.19. The first-order valence-corrected chi connectivity index (χ1v) is 10.3. The second-order valence-corrected chi connectivity index (χ2v) is 7.99. The van der Waals surface area contributed by atoms with Crippen molar-refractivity contribution in [3.63, 3.8) is 0 Å². The van der Waals surface area contributed by atoms with Crippen molar-refractivity contribution >= 4 is 11.6 Å². The second-order valence-electron chi connectivity index (χ2n) is 7.99. The second kappa shape index (κ2) is 9.13. The highest BCUT2D eigenvalue weighted by molar-refractivity contribution is 5.94. The number of benzene rings is 2. The quantitative estimate of drug-likeness (QED) is 0.655. The van der Waals surface area contributed by atoms with E-state index >= 15 is 0 Å². The highest BCUT2D eigenvalue weighted by Crippen LogP contribution is 2.29. The van der Waals surface area contributed by atoms with E-state index in [1.165, 1.54) is 12.8 Å². The fraction of sp³-hybridized carbons (Fsp3) is 0.458. The molecule has 2 aromatic carbocycles. The van der Waals surface area contributed by atoms with E-state index < -0.39 is 6.10 Å². The molecular weight excluding hydrogens is 350 g/mol. The van der Waals surface area contributed by atoms with Crippen LogP contribution >= 0.6 is 0 Å². The number of rotatable bonds is 7. The minimum absolute atomic E-state index is 0.166. The Bertz CT molecular complexity index is 792. The van der Waals surface area contributed by atoms with Crippen molar-refractivity contribution in [2.45, 2.75) is 71.5 Å². The van der Waals surface area contributed by atoms with Crippen LogP contribution in [0.15, 0.2) is 42.5 Å². The van der Waals surface area contributed by atoms with Crippen molar-refractivity contribution in [2.75, 3.05) is 5.32 Å². The van der Waals surface area contributed by atoms with Gasteiger partial charge < -0.3 is 14.8 Å².